The third kappa shape index (κ3) is 4.84. The van der Waals surface area contributed by atoms with Gasteiger partial charge in [0.05, 0.1) is 6.54 Å². The molecule has 1 saturated carbocycles. The highest BCUT2D eigenvalue weighted by molar-refractivity contribution is 5.99. The second-order valence-electron chi connectivity index (χ2n) is 9.46. The maximum absolute atomic E-state index is 12.1. The van der Waals surface area contributed by atoms with E-state index in [2.05, 4.69) is 38.2 Å². The number of nitrogens with one attached hydrogen (secondary N) is 2. The fraction of sp³-hybridized carbons (Fsp3) is 0.385. The van der Waals surface area contributed by atoms with E-state index in [1.165, 1.54) is 41.5 Å². The maximum atomic E-state index is 12.1. The summed E-state index contributed by atoms with van der Waals surface area (Å²) in [7, 11) is 0. The molecule has 9 nitrogen and oxygen atoms in total. The Morgan fingerprint density at radius 2 is 2.00 bits per heavy atom. The van der Waals surface area contributed by atoms with E-state index in [0.717, 1.165) is 28.3 Å². The number of ether oxygens (including phenoxy) is 1. The molecule has 35 heavy (non-hydrogen) atoms. The van der Waals surface area contributed by atoms with Gasteiger partial charge in [0.25, 0.3) is 0 Å². The smallest absolute Gasteiger partial charge is 0.319 e. The number of hydrogen-bond acceptors (Lipinski definition) is 6. The number of allylic oxidation sites excluding steroid dienone is 1. The Kier molecular flexibility index (Phi) is 6.39. The van der Waals surface area contributed by atoms with E-state index >= 15 is 0 Å². The summed E-state index contributed by atoms with van der Waals surface area (Å²) in [5.41, 5.74) is 12.9. The summed E-state index contributed by atoms with van der Waals surface area (Å²) in [6.45, 7) is 4.85. The Balaban J connectivity index is 1.36. The van der Waals surface area contributed by atoms with Crippen molar-refractivity contribution in [2.75, 3.05) is 11.9 Å². The Bertz CT molecular complexity index is 1220. The molecule has 2 aromatic carbocycles. The van der Waals surface area contributed by atoms with Gasteiger partial charge < -0.3 is 21.1 Å². The second-order valence-corrected chi connectivity index (χ2v) is 9.46. The molecule has 2 amide bonds. The van der Waals surface area contributed by atoms with E-state index < -0.39 is 0 Å². The van der Waals surface area contributed by atoms with Crippen LogP contribution in [-0.4, -0.2) is 38.9 Å². The number of hydrogen-bond donors (Lipinski definition) is 3. The van der Waals surface area contributed by atoms with Gasteiger partial charge in [-0.25, -0.2) is 4.79 Å². The highest BCUT2D eigenvalue weighted by Gasteiger charge is 2.39. The summed E-state index contributed by atoms with van der Waals surface area (Å²) in [6.07, 6.45) is 5.05. The number of aromatic nitrogens is 4. The Morgan fingerprint density at radius 3 is 2.66 bits per heavy atom. The highest BCUT2D eigenvalue weighted by Crippen LogP contribution is 2.54. The van der Waals surface area contributed by atoms with Crippen molar-refractivity contribution in [1.82, 2.24) is 25.5 Å². The van der Waals surface area contributed by atoms with Crippen molar-refractivity contribution in [2.24, 2.45) is 11.7 Å². The number of nitrogens with zero attached hydrogens (tertiary/aromatic N) is 4. The van der Waals surface area contributed by atoms with Crippen molar-refractivity contribution in [3.05, 3.63) is 65.5 Å². The van der Waals surface area contributed by atoms with Crippen molar-refractivity contribution in [3.8, 4) is 5.75 Å². The van der Waals surface area contributed by atoms with Gasteiger partial charge in [0.2, 0.25) is 0 Å². The molecule has 0 aliphatic heterocycles. The van der Waals surface area contributed by atoms with Gasteiger partial charge in [0.15, 0.2) is 6.33 Å². The van der Waals surface area contributed by atoms with E-state index in [9.17, 15) is 4.79 Å². The monoisotopic (exact) mass is 473 g/mol. The molecule has 2 aliphatic carbocycles. The van der Waals surface area contributed by atoms with Gasteiger partial charge in [-0.1, -0.05) is 18.6 Å². The number of carbonyl (C=O) groups is 1. The minimum Gasteiger partial charge on any atom is -0.492 e. The van der Waals surface area contributed by atoms with Crippen LogP contribution >= 0.6 is 0 Å². The van der Waals surface area contributed by atoms with Crippen molar-refractivity contribution in [1.29, 1.82) is 0 Å². The van der Waals surface area contributed by atoms with Crippen molar-refractivity contribution in [3.63, 3.8) is 0 Å². The summed E-state index contributed by atoms with van der Waals surface area (Å²) in [5.74, 6) is 1.62. The number of benzene rings is 2. The first-order valence-electron chi connectivity index (χ1n) is 12.1. The van der Waals surface area contributed by atoms with Crippen LogP contribution in [0, 0.1) is 5.92 Å². The molecule has 1 heterocycles. The average molecular weight is 474 g/mol. The van der Waals surface area contributed by atoms with Crippen LogP contribution in [0.25, 0.3) is 11.3 Å². The third-order valence-corrected chi connectivity index (χ3v) is 6.70. The fourth-order valence-electron chi connectivity index (χ4n) is 4.90. The zero-order chi connectivity index (χ0) is 24.4. The van der Waals surface area contributed by atoms with E-state index in [1.807, 2.05) is 44.2 Å². The molecule has 0 radical (unpaired) electrons. The number of tetrazole rings is 1. The molecule has 1 fully saturated rings. The lowest BCUT2D eigenvalue weighted by molar-refractivity contribution is 0.250. The molecule has 1 aromatic heterocycles. The van der Waals surface area contributed by atoms with Crippen LogP contribution in [-0.2, 0) is 6.54 Å². The molecule has 3 aromatic rings. The van der Waals surface area contributed by atoms with E-state index in [4.69, 9.17) is 10.5 Å². The topological polar surface area (TPSA) is 120 Å². The first-order chi connectivity index (χ1) is 17.0. The van der Waals surface area contributed by atoms with Gasteiger partial charge in [-0.15, -0.1) is 10.2 Å². The molecule has 2 aliphatic rings. The number of anilines is 1. The summed E-state index contributed by atoms with van der Waals surface area (Å²) in [5, 5.41) is 17.3. The van der Waals surface area contributed by atoms with Gasteiger partial charge in [-0.2, -0.15) is 4.80 Å². The van der Waals surface area contributed by atoms with Crippen LogP contribution in [0.3, 0.4) is 0 Å². The molecule has 1 unspecified atom stereocenters. The minimum absolute atomic E-state index is 0.0764. The lowest BCUT2D eigenvalue weighted by Crippen LogP contribution is -2.34. The number of rotatable bonds is 8. The molecule has 4 N–H and O–H groups in total. The van der Waals surface area contributed by atoms with Crippen LogP contribution in [0.5, 0.6) is 5.75 Å². The predicted octanol–water partition coefficient (Wildman–Crippen LogP) is 4.01. The van der Waals surface area contributed by atoms with E-state index in [0.29, 0.717) is 19.1 Å². The van der Waals surface area contributed by atoms with Gasteiger partial charge in [0.1, 0.15) is 12.4 Å². The summed E-state index contributed by atoms with van der Waals surface area (Å²) in [6, 6.07) is 14.0. The summed E-state index contributed by atoms with van der Waals surface area (Å²) in [4.78, 5) is 13.6. The van der Waals surface area contributed by atoms with Crippen molar-refractivity contribution in [2.45, 2.75) is 51.6 Å². The number of carbonyl (C=O) groups excluding carboxylic acids is 1. The third-order valence-electron chi connectivity index (χ3n) is 6.70. The summed E-state index contributed by atoms with van der Waals surface area (Å²) >= 11 is 0. The zero-order valence-electron chi connectivity index (χ0n) is 20.1. The zero-order valence-corrected chi connectivity index (χ0v) is 20.1. The van der Waals surface area contributed by atoms with E-state index in [-0.39, 0.29) is 18.0 Å². The van der Waals surface area contributed by atoms with Crippen molar-refractivity contribution >= 4 is 23.0 Å². The Labute approximate surface area is 204 Å². The molecule has 0 saturated heterocycles. The summed E-state index contributed by atoms with van der Waals surface area (Å²) < 4.78 is 6.01. The van der Waals surface area contributed by atoms with Crippen LogP contribution in [0.15, 0.2) is 48.8 Å². The maximum Gasteiger partial charge on any atom is 0.319 e. The minimum atomic E-state index is -0.209. The van der Waals surface area contributed by atoms with E-state index in [1.54, 1.807) is 0 Å². The van der Waals surface area contributed by atoms with Gasteiger partial charge in [0, 0.05) is 28.9 Å². The molecule has 1 atom stereocenters. The van der Waals surface area contributed by atoms with Gasteiger partial charge >= 0.3 is 6.03 Å². The molecular formula is C26H31N7O2. The SMILES string of the molecule is CC(C)NC(=O)Nc1ccc(C2=C(N)c3ccc(OCCn4ncnn4)cc3C2C2CCC2)cc1. The van der Waals surface area contributed by atoms with Crippen molar-refractivity contribution < 1.29 is 9.53 Å². The lowest BCUT2D eigenvalue weighted by atomic mass is 9.70. The molecular weight excluding hydrogens is 442 g/mol. The second kappa shape index (κ2) is 9.77. The largest absolute Gasteiger partial charge is 0.492 e. The molecule has 0 bridgehead atoms. The number of nitrogens with two attached hydrogens (primary N) is 1. The quantitative estimate of drug-likeness (QED) is 0.455. The van der Waals surface area contributed by atoms with Crippen LogP contribution in [0.1, 0.15) is 55.7 Å². The normalized spacial score (nSPS) is 17.3. The highest BCUT2D eigenvalue weighted by atomic mass is 16.5. The number of fused-ring (bicyclic) bond motifs is 1. The lowest BCUT2D eigenvalue weighted by Gasteiger charge is -2.34. The molecule has 9 heteroatoms. The predicted molar refractivity (Wildman–Crippen MR) is 135 cm³/mol. The Morgan fingerprint density at radius 1 is 1.20 bits per heavy atom. The first-order valence-corrected chi connectivity index (χ1v) is 12.1. The van der Waals surface area contributed by atoms with Gasteiger partial charge in [-0.3, -0.25) is 0 Å². The fourth-order valence-corrected chi connectivity index (χ4v) is 4.90. The number of amides is 2. The molecule has 182 valence electrons. The van der Waals surface area contributed by atoms with Gasteiger partial charge in [-0.05, 0) is 84.9 Å². The molecule has 0 spiro atoms. The number of urea groups is 1. The van der Waals surface area contributed by atoms with Crippen LogP contribution in [0.2, 0.25) is 0 Å². The Hall–Kier alpha value is -3.88. The van der Waals surface area contributed by atoms with Crippen LogP contribution in [0.4, 0.5) is 10.5 Å². The average Bonchev–Trinajstić information content (AvgIpc) is 3.40. The first kappa shape index (κ1) is 22.9. The standard InChI is InChI=1S/C26H31N7O2/c1-16(2)30-26(34)31-19-8-6-18(7-9-19)24-23(17-4-3-5-17)22-14-20(10-11-21(22)25(24)27)35-13-12-33-29-15-28-32-33/h6-11,14-17,23H,3-5,12-13,27H2,1-2H3,(H2,30,31,34). The molecule has 5 rings (SSSR count). The van der Waals surface area contributed by atoms with Crippen LogP contribution < -0.4 is 21.1 Å².